The van der Waals surface area contributed by atoms with Crippen LogP contribution < -0.4 is 22.1 Å². The Bertz CT molecular complexity index is 1380. The van der Waals surface area contributed by atoms with Gasteiger partial charge < -0.3 is 22.1 Å². The fourth-order valence-corrected chi connectivity index (χ4v) is 3.89. The largest absolute Gasteiger partial charge is 0.365 e. The Hall–Kier alpha value is -4.12. The second kappa shape index (κ2) is 9.63. The molecule has 1 amide bonds. The number of hydrogen-bond acceptors (Lipinski definition) is 6. The summed E-state index contributed by atoms with van der Waals surface area (Å²) in [5.41, 5.74) is 12.9. The van der Waals surface area contributed by atoms with E-state index in [0.717, 1.165) is 35.2 Å². The molecule has 0 aliphatic rings. The first-order valence-corrected chi connectivity index (χ1v) is 10.9. The van der Waals surface area contributed by atoms with Crippen molar-refractivity contribution in [3.05, 3.63) is 77.2 Å². The number of aryl methyl sites for hydroxylation is 1. The third-order valence-corrected chi connectivity index (χ3v) is 5.54. The molecule has 0 aliphatic carbocycles. The zero-order chi connectivity index (χ0) is 25.3. The molecular formula is C24H24F3N7O. The van der Waals surface area contributed by atoms with Crippen LogP contribution in [0.3, 0.4) is 0 Å². The number of nitrogens with two attached hydrogens (primary N) is 2. The molecule has 8 nitrogen and oxygen atoms in total. The molecule has 35 heavy (non-hydrogen) atoms. The van der Waals surface area contributed by atoms with Gasteiger partial charge in [-0.15, -0.1) is 0 Å². The highest BCUT2D eigenvalue weighted by atomic mass is 19.1. The molecule has 0 saturated carbocycles. The molecule has 2 aromatic heterocycles. The lowest BCUT2D eigenvalue weighted by molar-refractivity contribution is 0.100. The Morgan fingerprint density at radius 3 is 2.46 bits per heavy atom. The van der Waals surface area contributed by atoms with E-state index in [9.17, 15) is 18.0 Å². The third kappa shape index (κ3) is 4.90. The summed E-state index contributed by atoms with van der Waals surface area (Å²) in [6.07, 6.45) is 1.67. The first-order valence-electron chi connectivity index (χ1n) is 10.9. The number of aromatic nitrogens is 3. The first kappa shape index (κ1) is 24.0. The van der Waals surface area contributed by atoms with E-state index in [1.165, 1.54) is 0 Å². The summed E-state index contributed by atoms with van der Waals surface area (Å²) in [5, 5.41) is 10.9. The van der Waals surface area contributed by atoms with E-state index in [2.05, 4.69) is 20.7 Å². The van der Waals surface area contributed by atoms with E-state index in [-0.39, 0.29) is 22.8 Å². The number of rotatable bonds is 8. The molecule has 0 saturated heterocycles. The van der Waals surface area contributed by atoms with Gasteiger partial charge in [-0.3, -0.25) is 9.48 Å². The standard InChI is InChI=1S/C24H24F3N7O/c1-3-34-20-6-4-5-19(17(20)11-30-34)31-23-16(22(29)35)10-18(27)24(33-23)32-21(12(2)28)13-7-14(25)9-15(26)8-13/h4-12,21H,3,28H2,1-2H3,(H2,29,35)(H2,31,32,33)/t12-,21-/m0/s1. The molecule has 0 unspecified atom stereocenters. The summed E-state index contributed by atoms with van der Waals surface area (Å²) < 4.78 is 44.4. The lowest BCUT2D eigenvalue weighted by atomic mass is 10.0. The SMILES string of the molecule is CCn1ncc2c(Nc3nc(N[C@H](c4cc(F)cc(F)c4)[C@H](C)N)c(F)cc3C(N)=O)cccc21. The zero-order valence-corrected chi connectivity index (χ0v) is 19.0. The number of carbonyl (C=O) groups excluding carboxylic acids is 1. The van der Waals surface area contributed by atoms with Crippen LogP contribution >= 0.6 is 0 Å². The predicted molar refractivity (Wildman–Crippen MR) is 128 cm³/mol. The van der Waals surface area contributed by atoms with Crippen molar-refractivity contribution in [2.75, 3.05) is 10.6 Å². The van der Waals surface area contributed by atoms with E-state index >= 15 is 0 Å². The van der Waals surface area contributed by atoms with Crippen molar-refractivity contribution in [1.82, 2.24) is 14.8 Å². The van der Waals surface area contributed by atoms with E-state index in [4.69, 9.17) is 11.5 Å². The average Bonchev–Trinajstić information content (AvgIpc) is 3.22. The fourth-order valence-electron chi connectivity index (χ4n) is 3.89. The van der Waals surface area contributed by atoms with Gasteiger partial charge in [-0.25, -0.2) is 18.2 Å². The second-order valence-electron chi connectivity index (χ2n) is 8.09. The van der Waals surface area contributed by atoms with Crippen LogP contribution in [-0.2, 0) is 6.54 Å². The van der Waals surface area contributed by atoms with E-state index in [1.807, 2.05) is 13.0 Å². The molecule has 4 aromatic rings. The quantitative estimate of drug-likeness (QED) is 0.298. The van der Waals surface area contributed by atoms with Gasteiger partial charge in [-0.05, 0) is 49.7 Å². The molecule has 6 N–H and O–H groups in total. The maximum Gasteiger partial charge on any atom is 0.252 e. The fraction of sp³-hybridized carbons (Fsp3) is 0.208. The molecule has 0 radical (unpaired) electrons. The van der Waals surface area contributed by atoms with Crippen LogP contribution in [0.1, 0.15) is 35.8 Å². The maximum absolute atomic E-state index is 15.0. The molecule has 2 aromatic carbocycles. The Morgan fingerprint density at radius 1 is 1.11 bits per heavy atom. The van der Waals surface area contributed by atoms with Crippen LogP contribution in [0.5, 0.6) is 0 Å². The van der Waals surface area contributed by atoms with Crippen LogP contribution in [0.25, 0.3) is 10.9 Å². The maximum atomic E-state index is 15.0. The number of carbonyl (C=O) groups is 1. The molecule has 2 heterocycles. The Balaban J connectivity index is 1.76. The molecule has 2 atom stereocenters. The Labute approximate surface area is 199 Å². The summed E-state index contributed by atoms with van der Waals surface area (Å²) in [6, 6.07) is 7.76. The van der Waals surface area contributed by atoms with Crippen molar-refractivity contribution >= 4 is 34.1 Å². The monoisotopic (exact) mass is 483 g/mol. The van der Waals surface area contributed by atoms with E-state index in [1.54, 1.807) is 29.9 Å². The molecule has 0 aliphatic heterocycles. The summed E-state index contributed by atoms with van der Waals surface area (Å²) >= 11 is 0. The topological polar surface area (TPSA) is 124 Å². The number of nitrogens with one attached hydrogen (secondary N) is 2. The summed E-state index contributed by atoms with van der Waals surface area (Å²) in [6.45, 7) is 4.21. The highest BCUT2D eigenvalue weighted by Crippen LogP contribution is 2.31. The summed E-state index contributed by atoms with van der Waals surface area (Å²) in [7, 11) is 0. The van der Waals surface area contributed by atoms with Gasteiger partial charge in [0, 0.05) is 24.0 Å². The lowest BCUT2D eigenvalue weighted by Gasteiger charge is -2.24. The van der Waals surface area contributed by atoms with Crippen LogP contribution in [-0.4, -0.2) is 26.7 Å². The number of pyridine rings is 1. The minimum Gasteiger partial charge on any atom is -0.365 e. The Morgan fingerprint density at radius 2 is 1.83 bits per heavy atom. The number of hydrogen-bond donors (Lipinski definition) is 4. The molecule has 0 spiro atoms. The smallest absolute Gasteiger partial charge is 0.252 e. The number of benzene rings is 2. The predicted octanol–water partition coefficient (Wildman–Crippen LogP) is 4.21. The van der Waals surface area contributed by atoms with Crippen LogP contribution in [0, 0.1) is 17.5 Å². The van der Waals surface area contributed by atoms with Gasteiger partial charge >= 0.3 is 0 Å². The Kier molecular flexibility index (Phi) is 6.61. The molecule has 182 valence electrons. The van der Waals surface area contributed by atoms with Crippen molar-refractivity contribution in [3.8, 4) is 0 Å². The number of anilines is 3. The first-order chi connectivity index (χ1) is 16.7. The van der Waals surface area contributed by atoms with Gasteiger partial charge in [0.1, 0.15) is 17.5 Å². The van der Waals surface area contributed by atoms with Crippen molar-refractivity contribution in [2.24, 2.45) is 11.5 Å². The molecule has 0 bridgehead atoms. The van der Waals surface area contributed by atoms with Crippen molar-refractivity contribution in [2.45, 2.75) is 32.5 Å². The average molecular weight is 483 g/mol. The minimum atomic E-state index is -0.891. The number of primary amides is 1. The van der Waals surface area contributed by atoms with E-state index in [0.29, 0.717) is 12.2 Å². The van der Waals surface area contributed by atoms with Gasteiger partial charge in [0.25, 0.3) is 5.91 Å². The third-order valence-electron chi connectivity index (χ3n) is 5.54. The van der Waals surface area contributed by atoms with Gasteiger partial charge in [-0.1, -0.05) is 6.07 Å². The molecular weight excluding hydrogens is 459 g/mol. The van der Waals surface area contributed by atoms with Crippen molar-refractivity contribution in [1.29, 1.82) is 0 Å². The number of nitrogens with zero attached hydrogens (tertiary/aromatic N) is 3. The summed E-state index contributed by atoms with van der Waals surface area (Å²) in [4.78, 5) is 16.3. The van der Waals surface area contributed by atoms with Crippen molar-refractivity contribution in [3.63, 3.8) is 0 Å². The van der Waals surface area contributed by atoms with Gasteiger partial charge in [0.05, 0.1) is 29.0 Å². The van der Waals surface area contributed by atoms with Gasteiger partial charge in [-0.2, -0.15) is 5.10 Å². The molecule has 11 heteroatoms. The number of amides is 1. The van der Waals surface area contributed by atoms with E-state index < -0.39 is 35.4 Å². The highest BCUT2D eigenvalue weighted by molar-refractivity contribution is 6.00. The number of halogens is 3. The highest BCUT2D eigenvalue weighted by Gasteiger charge is 2.23. The number of fused-ring (bicyclic) bond motifs is 1. The minimum absolute atomic E-state index is 0.00741. The van der Waals surface area contributed by atoms with Crippen LogP contribution in [0.2, 0.25) is 0 Å². The van der Waals surface area contributed by atoms with Gasteiger partial charge in [0.2, 0.25) is 0 Å². The normalized spacial score (nSPS) is 13.0. The zero-order valence-electron chi connectivity index (χ0n) is 19.0. The van der Waals surface area contributed by atoms with Crippen LogP contribution in [0.4, 0.5) is 30.5 Å². The summed E-state index contributed by atoms with van der Waals surface area (Å²) in [5.74, 6) is -3.66. The van der Waals surface area contributed by atoms with Crippen molar-refractivity contribution < 1.29 is 18.0 Å². The lowest BCUT2D eigenvalue weighted by Crippen LogP contribution is -2.31. The molecule has 4 rings (SSSR count). The molecule has 0 fully saturated rings. The second-order valence-corrected chi connectivity index (χ2v) is 8.09. The van der Waals surface area contributed by atoms with Crippen LogP contribution in [0.15, 0.2) is 48.7 Å². The van der Waals surface area contributed by atoms with Gasteiger partial charge in [0.15, 0.2) is 11.6 Å².